The first-order valence-electron chi connectivity index (χ1n) is 3.75. The Kier molecular flexibility index (Phi) is 1.55. The predicted molar refractivity (Wildman–Crippen MR) is 48.9 cm³/mol. The van der Waals surface area contributed by atoms with E-state index < -0.39 is 5.82 Å². The zero-order valence-electron chi connectivity index (χ0n) is 6.67. The van der Waals surface area contributed by atoms with Gasteiger partial charge < -0.3 is 10.7 Å². The average molecular weight is 178 g/mol. The van der Waals surface area contributed by atoms with E-state index in [-0.39, 0.29) is 5.56 Å². The Morgan fingerprint density at radius 3 is 2.85 bits per heavy atom. The number of anilines is 1. The van der Waals surface area contributed by atoms with Gasteiger partial charge in [-0.2, -0.15) is 0 Å². The van der Waals surface area contributed by atoms with Crippen molar-refractivity contribution >= 4 is 16.6 Å². The molecule has 66 valence electrons. The van der Waals surface area contributed by atoms with Crippen LogP contribution in [0.5, 0.6) is 0 Å². The smallest absolute Gasteiger partial charge is 0.250 e. The second kappa shape index (κ2) is 2.58. The molecule has 2 rings (SSSR count). The fourth-order valence-corrected chi connectivity index (χ4v) is 1.26. The molecule has 4 heteroatoms. The molecule has 1 aromatic carbocycles. The van der Waals surface area contributed by atoms with E-state index >= 15 is 0 Å². The average Bonchev–Trinajstić information content (AvgIpc) is 2.02. The molecule has 0 spiro atoms. The summed E-state index contributed by atoms with van der Waals surface area (Å²) in [6, 6.07) is 5.36. The second-order valence-electron chi connectivity index (χ2n) is 2.78. The maximum atomic E-state index is 12.7. The number of hydrogen-bond acceptors (Lipinski definition) is 2. The first kappa shape index (κ1) is 7.79. The number of halogens is 1. The van der Waals surface area contributed by atoms with Crippen LogP contribution in [0, 0.1) is 5.82 Å². The number of rotatable bonds is 0. The van der Waals surface area contributed by atoms with Gasteiger partial charge in [0.2, 0.25) is 5.56 Å². The van der Waals surface area contributed by atoms with Crippen molar-refractivity contribution < 1.29 is 4.39 Å². The molecule has 0 radical (unpaired) electrons. The first-order valence-corrected chi connectivity index (χ1v) is 3.75. The van der Waals surface area contributed by atoms with Crippen LogP contribution in [-0.2, 0) is 0 Å². The number of hydrogen-bond donors (Lipinski definition) is 2. The van der Waals surface area contributed by atoms with Crippen molar-refractivity contribution in [3.63, 3.8) is 0 Å². The maximum absolute atomic E-state index is 12.7. The Balaban J connectivity index is 2.94. The van der Waals surface area contributed by atoms with Crippen LogP contribution >= 0.6 is 0 Å². The topological polar surface area (TPSA) is 58.9 Å². The third-order valence-electron chi connectivity index (χ3n) is 1.84. The van der Waals surface area contributed by atoms with E-state index in [1.165, 1.54) is 24.3 Å². The molecular weight excluding hydrogens is 171 g/mol. The summed E-state index contributed by atoms with van der Waals surface area (Å²) in [5.74, 6) is -0.395. The number of aromatic nitrogens is 1. The maximum Gasteiger partial charge on any atom is 0.250 e. The Labute approximate surface area is 73.0 Å². The first-order chi connectivity index (χ1) is 6.16. The van der Waals surface area contributed by atoms with Gasteiger partial charge in [-0.3, -0.25) is 4.79 Å². The van der Waals surface area contributed by atoms with Gasteiger partial charge in [-0.15, -0.1) is 0 Å². The molecule has 0 aliphatic heterocycles. The van der Waals surface area contributed by atoms with Gasteiger partial charge in [-0.25, -0.2) is 4.39 Å². The Morgan fingerprint density at radius 1 is 1.31 bits per heavy atom. The monoisotopic (exact) mass is 178 g/mol. The van der Waals surface area contributed by atoms with Gasteiger partial charge in [0.15, 0.2) is 0 Å². The number of benzene rings is 1. The van der Waals surface area contributed by atoms with E-state index in [9.17, 15) is 9.18 Å². The molecule has 1 aromatic heterocycles. The molecule has 0 aliphatic rings. The van der Waals surface area contributed by atoms with Gasteiger partial charge in [0.1, 0.15) is 5.82 Å². The van der Waals surface area contributed by atoms with Crippen molar-refractivity contribution in [1.82, 2.24) is 4.98 Å². The molecular formula is C9H7FN2O. The minimum absolute atomic E-state index is 0.324. The Hall–Kier alpha value is -1.84. The highest BCUT2D eigenvalue weighted by Gasteiger charge is 2.00. The van der Waals surface area contributed by atoms with Gasteiger partial charge in [0.05, 0.1) is 5.52 Å². The van der Waals surface area contributed by atoms with E-state index in [2.05, 4.69) is 4.98 Å². The molecule has 0 unspecified atom stereocenters. The van der Waals surface area contributed by atoms with E-state index in [0.717, 1.165) is 0 Å². The standard InChI is InChI=1S/C9H7FN2O/c10-5-1-2-6-7(11)4-9(13)12-8(6)3-5/h1-4H,(H3,11,12,13). The summed E-state index contributed by atoms with van der Waals surface area (Å²) in [5.41, 5.74) is 6.02. The molecule has 3 N–H and O–H groups in total. The molecule has 0 saturated heterocycles. The molecule has 2 aromatic rings. The van der Waals surface area contributed by atoms with Crippen LogP contribution < -0.4 is 11.3 Å². The van der Waals surface area contributed by atoms with Crippen molar-refractivity contribution in [1.29, 1.82) is 0 Å². The number of pyridine rings is 1. The highest BCUT2D eigenvalue weighted by atomic mass is 19.1. The summed E-state index contributed by atoms with van der Waals surface area (Å²) < 4.78 is 12.7. The molecule has 0 saturated carbocycles. The molecule has 0 fully saturated rings. The lowest BCUT2D eigenvalue weighted by Crippen LogP contribution is -2.06. The summed E-state index contributed by atoms with van der Waals surface area (Å²) in [6.07, 6.45) is 0. The van der Waals surface area contributed by atoms with Crippen LogP contribution in [0.25, 0.3) is 10.9 Å². The summed E-state index contributed by atoms with van der Waals surface area (Å²) in [4.78, 5) is 13.5. The second-order valence-corrected chi connectivity index (χ2v) is 2.78. The van der Waals surface area contributed by atoms with Crippen molar-refractivity contribution in [2.24, 2.45) is 0 Å². The number of nitrogens with two attached hydrogens (primary N) is 1. The number of fused-ring (bicyclic) bond motifs is 1. The zero-order chi connectivity index (χ0) is 9.42. The van der Waals surface area contributed by atoms with Crippen LogP contribution in [-0.4, -0.2) is 4.98 Å². The van der Waals surface area contributed by atoms with Crippen LogP contribution in [0.4, 0.5) is 10.1 Å². The summed E-state index contributed by atoms with van der Waals surface area (Å²) in [5, 5.41) is 0.654. The van der Waals surface area contributed by atoms with Crippen molar-refractivity contribution in [2.45, 2.75) is 0 Å². The lowest BCUT2D eigenvalue weighted by Gasteiger charge is -2.00. The molecule has 0 aliphatic carbocycles. The lowest BCUT2D eigenvalue weighted by molar-refractivity contribution is 0.629. The third kappa shape index (κ3) is 1.26. The minimum Gasteiger partial charge on any atom is -0.398 e. The number of H-pyrrole nitrogens is 1. The molecule has 0 atom stereocenters. The number of aromatic amines is 1. The lowest BCUT2D eigenvalue weighted by atomic mass is 10.2. The van der Waals surface area contributed by atoms with Gasteiger partial charge in [0.25, 0.3) is 0 Å². The Morgan fingerprint density at radius 2 is 2.08 bits per heavy atom. The van der Waals surface area contributed by atoms with Crippen LogP contribution in [0.3, 0.4) is 0 Å². The van der Waals surface area contributed by atoms with Gasteiger partial charge >= 0.3 is 0 Å². The van der Waals surface area contributed by atoms with E-state index in [4.69, 9.17) is 5.73 Å². The van der Waals surface area contributed by atoms with Crippen LogP contribution in [0.2, 0.25) is 0 Å². The van der Waals surface area contributed by atoms with Gasteiger partial charge in [-0.05, 0) is 18.2 Å². The number of nitrogen functional groups attached to an aromatic ring is 1. The predicted octanol–water partition coefficient (Wildman–Crippen LogP) is 1.25. The Bertz CT molecular complexity index is 518. The molecule has 3 nitrogen and oxygen atoms in total. The van der Waals surface area contributed by atoms with Crippen molar-refractivity contribution in [3.8, 4) is 0 Å². The third-order valence-corrected chi connectivity index (χ3v) is 1.84. The summed E-state index contributed by atoms with van der Waals surface area (Å²) >= 11 is 0. The van der Waals surface area contributed by atoms with E-state index in [1.807, 2.05) is 0 Å². The van der Waals surface area contributed by atoms with Crippen LogP contribution in [0.15, 0.2) is 29.1 Å². The highest BCUT2D eigenvalue weighted by Crippen LogP contribution is 2.17. The molecule has 0 bridgehead atoms. The van der Waals surface area contributed by atoms with E-state index in [1.54, 1.807) is 0 Å². The van der Waals surface area contributed by atoms with Gasteiger partial charge in [0, 0.05) is 17.1 Å². The summed E-state index contributed by atoms with van der Waals surface area (Å²) in [6.45, 7) is 0. The van der Waals surface area contributed by atoms with Crippen molar-refractivity contribution in [2.75, 3.05) is 5.73 Å². The normalized spacial score (nSPS) is 10.5. The minimum atomic E-state index is -0.395. The fraction of sp³-hybridized carbons (Fsp3) is 0. The highest BCUT2D eigenvalue weighted by molar-refractivity contribution is 5.89. The fourth-order valence-electron chi connectivity index (χ4n) is 1.26. The molecule has 13 heavy (non-hydrogen) atoms. The summed E-state index contributed by atoms with van der Waals surface area (Å²) in [7, 11) is 0. The largest absolute Gasteiger partial charge is 0.398 e. The quantitative estimate of drug-likeness (QED) is 0.637. The van der Waals surface area contributed by atoms with Gasteiger partial charge in [-0.1, -0.05) is 0 Å². The number of nitrogens with one attached hydrogen (secondary N) is 1. The van der Waals surface area contributed by atoms with Crippen molar-refractivity contribution in [3.05, 3.63) is 40.4 Å². The SMILES string of the molecule is Nc1cc(=O)[nH]c2cc(F)ccc12. The zero-order valence-corrected chi connectivity index (χ0v) is 6.67. The van der Waals surface area contributed by atoms with Crippen LogP contribution in [0.1, 0.15) is 0 Å². The molecule has 0 amide bonds. The molecule has 1 heterocycles. The van der Waals surface area contributed by atoms with E-state index in [0.29, 0.717) is 16.6 Å².